The lowest BCUT2D eigenvalue weighted by Gasteiger charge is -2.10. The fraction of sp³-hybridized carbons (Fsp3) is 0.278. The molecule has 1 aromatic carbocycles. The second kappa shape index (κ2) is 6.71. The molecule has 0 spiro atoms. The van der Waals surface area contributed by atoms with E-state index in [9.17, 15) is 0 Å². The number of halogens is 1. The fourth-order valence-corrected chi connectivity index (χ4v) is 3.15. The molecular formula is C18H17ClN4O. The smallest absolute Gasteiger partial charge is 0.182 e. The molecule has 0 N–H and O–H groups in total. The van der Waals surface area contributed by atoms with E-state index >= 15 is 0 Å². The molecule has 122 valence electrons. The lowest BCUT2D eigenvalue weighted by atomic mass is 10.1. The van der Waals surface area contributed by atoms with Crippen LogP contribution >= 0.6 is 11.6 Å². The highest BCUT2D eigenvalue weighted by molar-refractivity contribution is 6.30. The molecule has 1 aliphatic heterocycles. The summed E-state index contributed by atoms with van der Waals surface area (Å²) in [5, 5.41) is 5.44. The summed E-state index contributed by atoms with van der Waals surface area (Å²) in [6.45, 7) is 2.11. The Hall–Kier alpha value is -2.24. The van der Waals surface area contributed by atoms with Crippen LogP contribution in [0.2, 0.25) is 5.02 Å². The first-order valence-corrected chi connectivity index (χ1v) is 8.35. The third-order valence-electron chi connectivity index (χ3n) is 4.14. The summed E-state index contributed by atoms with van der Waals surface area (Å²) in [4.78, 5) is 8.94. The third kappa shape index (κ3) is 3.18. The Morgan fingerprint density at radius 2 is 2.21 bits per heavy atom. The number of hydrogen-bond donors (Lipinski definition) is 0. The number of hydrogen-bond acceptors (Lipinski definition) is 4. The molecule has 1 atom stereocenters. The van der Waals surface area contributed by atoms with Gasteiger partial charge in [-0.15, -0.1) is 0 Å². The van der Waals surface area contributed by atoms with Gasteiger partial charge in [0.1, 0.15) is 5.82 Å². The molecule has 1 saturated heterocycles. The number of benzene rings is 1. The minimum atomic E-state index is 0.280. The van der Waals surface area contributed by atoms with E-state index in [-0.39, 0.29) is 5.92 Å². The van der Waals surface area contributed by atoms with Gasteiger partial charge in [0, 0.05) is 35.5 Å². The van der Waals surface area contributed by atoms with E-state index < -0.39 is 0 Å². The first kappa shape index (κ1) is 15.3. The van der Waals surface area contributed by atoms with Crippen molar-refractivity contribution >= 4 is 11.6 Å². The second-order valence-corrected chi connectivity index (χ2v) is 6.32. The molecule has 0 radical (unpaired) electrons. The number of ether oxygens (including phenoxy) is 1. The van der Waals surface area contributed by atoms with Crippen LogP contribution in [0.25, 0.3) is 11.4 Å². The van der Waals surface area contributed by atoms with Crippen molar-refractivity contribution in [3.05, 3.63) is 65.2 Å². The molecule has 0 aliphatic carbocycles. The Kier molecular flexibility index (Phi) is 4.28. The number of pyridine rings is 1. The zero-order valence-corrected chi connectivity index (χ0v) is 13.9. The van der Waals surface area contributed by atoms with E-state index in [0.29, 0.717) is 19.0 Å². The van der Waals surface area contributed by atoms with Crippen LogP contribution < -0.4 is 0 Å². The number of aromatic nitrogens is 4. The van der Waals surface area contributed by atoms with Crippen LogP contribution in [0.3, 0.4) is 0 Å². The van der Waals surface area contributed by atoms with Gasteiger partial charge in [0.2, 0.25) is 0 Å². The Balaban J connectivity index is 1.72. The van der Waals surface area contributed by atoms with Crippen LogP contribution in [0.5, 0.6) is 0 Å². The molecule has 1 fully saturated rings. The normalized spacial score (nSPS) is 17.3. The maximum absolute atomic E-state index is 6.11. The molecule has 4 rings (SSSR count). The molecule has 6 heteroatoms. The van der Waals surface area contributed by atoms with E-state index in [1.165, 1.54) is 0 Å². The molecule has 2 aromatic heterocycles. The van der Waals surface area contributed by atoms with Gasteiger partial charge in [-0.05, 0) is 36.2 Å². The van der Waals surface area contributed by atoms with Gasteiger partial charge in [-0.25, -0.2) is 9.67 Å². The minimum absolute atomic E-state index is 0.280. The van der Waals surface area contributed by atoms with Crippen molar-refractivity contribution in [3.8, 4) is 11.4 Å². The Morgan fingerprint density at radius 3 is 2.96 bits per heavy atom. The highest BCUT2D eigenvalue weighted by Crippen LogP contribution is 2.27. The zero-order valence-electron chi connectivity index (χ0n) is 13.1. The third-order valence-corrected chi connectivity index (χ3v) is 4.37. The van der Waals surface area contributed by atoms with Crippen LogP contribution in [0.4, 0.5) is 0 Å². The molecule has 3 heterocycles. The summed E-state index contributed by atoms with van der Waals surface area (Å²) < 4.78 is 7.50. The molecule has 0 unspecified atom stereocenters. The number of rotatable bonds is 4. The van der Waals surface area contributed by atoms with Crippen molar-refractivity contribution in [3.63, 3.8) is 0 Å². The van der Waals surface area contributed by atoms with Crippen LogP contribution in [-0.2, 0) is 11.3 Å². The molecule has 5 nitrogen and oxygen atoms in total. The van der Waals surface area contributed by atoms with E-state index in [2.05, 4.69) is 4.98 Å². The van der Waals surface area contributed by atoms with E-state index in [1.807, 2.05) is 41.1 Å². The highest BCUT2D eigenvalue weighted by Gasteiger charge is 2.25. The lowest BCUT2D eigenvalue weighted by molar-refractivity contribution is 0.192. The largest absolute Gasteiger partial charge is 0.381 e. The Bertz CT molecular complexity index is 828. The van der Waals surface area contributed by atoms with Gasteiger partial charge in [0.15, 0.2) is 5.82 Å². The molecule has 0 bridgehead atoms. The summed E-state index contributed by atoms with van der Waals surface area (Å²) in [6, 6.07) is 11.7. The zero-order chi connectivity index (χ0) is 16.4. The summed E-state index contributed by atoms with van der Waals surface area (Å²) in [7, 11) is 0. The van der Waals surface area contributed by atoms with Gasteiger partial charge in [-0.2, -0.15) is 5.10 Å². The van der Waals surface area contributed by atoms with E-state index in [1.54, 1.807) is 12.4 Å². The van der Waals surface area contributed by atoms with Gasteiger partial charge >= 0.3 is 0 Å². The Morgan fingerprint density at radius 1 is 1.25 bits per heavy atom. The standard InChI is InChI=1S/C18H17ClN4O/c19-16-5-1-3-13(9-16)11-23-18(15-6-8-24-12-15)21-17(22-23)14-4-2-7-20-10-14/h1-5,7,9-10,15H,6,8,11-12H2/t15-/m1/s1. The lowest BCUT2D eigenvalue weighted by Crippen LogP contribution is -2.11. The van der Waals surface area contributed by atoms with Gasteiger partial charge in [0.25, 0.3) is 0 Å². The predicted molar refractivity (Wildman–Crippen MR) is 92.0 cm³/mol. The highest BCUT2D eigenvalue weighted by atomic mass is 35.5. The monoisotopic (exact) mass is 340 g/mol. The van der Waals surface area contributed by atoms with Gasteiger partial charge < -0.3 is 4.74 Å². The van der Waals surface area contributed by atoms with Crippen molar-refractivity contribution in [1.29, 1.82) is 0 Å². The van der Waals surface area contributed by atoms with Crippen molar-refractivity contribution in [2.75, 3.05) is 13.2 Å². The predicted octanol–water partition coefficient (Wildman–Crippen LogP) is 3.55. The van der Waals surface area contributed by atoms with Gasteiger partial charge in [-0.3, -0.25) is 4.98 Å². The van der Waals surface area contributed by atoms with Crippen LogP contribution in [0.1, 0.15) is 23.7 Å². The number of nitrogens with zero attached hydrogens (tertiary/aromatic N) is 4. The van der Waals surface area contributed by atoms with Crippen molar-refractivity contribution in [2.45, 2.75) is 18.9 Å². The Labute approximate surface area is 145 Å². The average Bonchev–Trinajstić information content (AvgIpc) is 3.25. The molecule has 0 amide bonds. The summed E-state index contributed by atoms with van der Waals surface area (Å²) in [5.74, 6) is 1.94. The molecule has 24 heavy (non-hydrogen) atoms. The molecule has 1 aliphatic rings. The van der Waals surface area contributed by atoms with Crippen molar-refractivity contribution in [2.24, 2.45) is 0 Å². The summed E-state index contributed by atoms with van der Waals surface area (Å²) in [6.07, 6.45) is 4.51. The summed E-state index contributed by atoms with van der Waals surface area (Å²) >= 11 is 6.11. The van der Waals surface area contributed by atoms with Crippen LogP contribution in [-0.4, -0.2) is 33.0 Å². The minimum Gasteiger partial charge on any atom is -0.381 e. The summed E-state index contributed by atoms with van der Waals surface area (Å²) in [5.41, 5.74) is 2.02. The van der Waals surface area contributed by atoms with E-state index in [0.717, 1.165) is 35.0 Å². The fourth-order valence-electron chi connectivity index (χ4n) is 2.94. The second-order valence-electron chi connectivity index (χ2n) is 5.88. The first-order valence-electron chi connectivity index (χ1n) is 7.97. The molecule has 0 saturated carbocycles. The van der Waals surface area contributed by atoms with Crippen LogP contribution in [0.15, 0.2) is 48.8 Å². The van der Waals surface area contributed by atoms with Gasteiger partial charge in [-0.1, -0.05) is 23.7 Å². The van der Waals surface area contributed by atoms with Crippen LogP contribution in [0, 0.1) is 0 Å². The average molecular weight is 341 g/mol. The molecule has 3 aromatic rings. The molecular weight excluding hydrogens is 324 g/mol. The topological polar surface area (TPSA) is 52.8 Å². The maximum Gasteiger partial charge on any atom is 0.182 e. The van der Waals surface area contributed by atoms with E-state index in [4.69, 9.17) is 26.4 Å². The maximum atomic E-state index is 6.11. The quantitative estimate of drug-likeness (QED) is 0.729. The van der Waals surface area contributed by atoms with Crippen molar-refractivity contribution < 1.29 is 4.74 Å². The van der Waals surface area contributed by atoms with Gasteiger partial charge in [0.05, 0.1) is 13.2 Å². The van der Waals surface area contributed by atoms with Crippen molar-refractivity contribution in [1.82, 2.24) is 19.7 Å². The first-order chi connectivity index (χ1) is 11.8. The SMILES string of the molecule is Clc1cccc(Cn2nc(-c3cccnc3)nc2[C@@H]2CCOC2)c1.